The van der Waals surface area contributed by atoms with Gasteiger partial charge in [0.25, 0.3) is 0 Å². The maximum Gasteiger partial charge on any atom is 0.119 e. The fraction of sp³-hybridized carbons (Fsp3) is 0.571. The Labute approximate surface area is 96.9 Å². The highest BCUT2D eigenvalue weighted by molar-refractivity contribution is 5.47. The maximum absolute atomic E-state index is 9.89. The number of fused-ring (bicyclic) bond motifs is 2. The van der Waals surface area contributed by atoms with Gasteiger partial charge in [-0.3, -0.25) is 0 Å². The van der Waals surface area contributed by atoms with Crippen molar-refractivity contribution in [1.29, 1.82) is 0 Å². The number of rotatable bonds is 0. The molecule has 2 heteroatoms. The van der Waals surface area contributed by atoms with E-state index in [1.165, 1.54) is 43.5 Å². The Kier molecular flexibility index (Phi) is 2.21. The molecule has 1 fully saturated rings. The summed E-state index contributed by atoms with van der Waals surface area (Å²) in [4.78, 5) is 2.41. The normalized spacial score (nSPS) is 23.6. The average Bonchev–Trinajstić information content (AvgIpc) is 2.64. The van der Waals surface area contributed by atoms with Gasteiger partial charge in [-0.15, -0.1) is 0 Å². The molecule has 1 aromatic carbocycles. The predicted molar refractivity (Wildman–Crippen MR) is 64.8 cm³/mol. The van der Waals surface area contributed by atoms with Crippen molar-refractivity contribution in [2.45, 2.75) is 31.1 Å². The van der Waals surface area contributed by atoms with Crippen molar-refractivity contribution in [3.05, 3.63) is 29.3 Å². The van der Waals surface area contributed by atoms with Crippen LogP contribution in [-0.4, -0.2) is 30.1 Å². The number of aromatic hydroxyl groups is 1. The van der Waals surface area contributed by atoms with E-state index >= 15 is 0 Å². The van der Waals surface area contributed by atoms with E-state index in [1.54, 1.807) is 0 Å². The van der Waals surface area contributed by atoms with E-state index in [4.69, 9.17) is 0 Å². The van der Waals surface area contributed by atoms with Crippen molar-refractivity contribution in [3.63, 3.8) is 0 Å². The van der Waals surface area contributed by atoms with Gasteiger partial charge < -0.3 is 10.0 Å². The van der Waals surface area contributed by atoms with E-state index in [0.29, 0.717) is 11.2 Å². The Morgan fingerprint density at radius 2 is 1.94 bits per heavy atom. The molecule has 1 aliphatic heterocycles. The highest BCUT2D eigenvalue weighted by Crippen LogP contribution is 2.48. The van der Waals surface area contributed by atoms with Crippen molar-refractivity contribution >= 4 is 0 Å². The fourth-order valence-electron chi connectivity index (χ4n) is 3.40. The van der Waals surface area contributed by atoms with Gasteiger partial charge in [-0.2, -0.15) is 0 Å². The Hall–Kier alpha value is -1.02. The zero-order chi connectivity index (χ0) is 11.2. The lowest BCUT2D eigenvalue weighted by Gasteiger charge is -2.38. The molecular weight excluding hydrogens is 198 g/mol. The van der Waals surface area contributed by atoms with Crippen molar-refractivity contribution in [2.24, 2.45) is 0 Å². The highest BCUT2D eigenvalue weighted by atomic mass is 16.3. The SMILES string of the molecule is CN1CCC2(CCc3c(O)cccc32)CC1. The molecule has 1 aromatic rings. The summed E-state index contributed by atoms with van der Waals surface area (Å²) in [6.45, 7) is 2.38. The third-order valence-electron chi connectivity index (χ3n) is 4.52. The number of hydrogen-bond donors (Lipinski definition) is 1. The molecule has 1 spiro atoms. The van der Waals surface area contributed by atoms with Crippen LogP contribution in [-0.2, 0) is 11.8 Å². The van der Waals surface area contributed by atoms with Crippen LogP contribution < -0.4 is 0 Å². The number of benzene rings is 1. The molecule has 0 aromatic heterocycles. The highest BCUT2D eigenvalue weighted by Gasteiger charge is 2.41. The molecule has 0 unspecified atom stereocenters. The van der Waals surface area contributed by atoms with E-state index in [2.05, 4.69) is 18.0 Å². The second-order valence-electron chi connectivity index (χ2n) is 5.39. The molecule has 0 bridgehead atoms. The number of nitrogens with zero attached hydrogens (tertiary/aromatic N) is 1. The van der Waals surface area contributed by atoms with Crippen molar-refractivity contribution in [1.82, 2.24) is 4.90 Å². The second kappa shape index (κ2) is 3.49. The van der Waals surface area contributed by atoms with Crippen molar-refractivity contribution in [2.75, 3.05) is 20.1 Å². The van der Waals surface area contributed by atoms with Crippen LogP contribution in [0.4, 0.5) is 0 Å². The Balaban J connectivity index is 1.99. The lowest BCUT2D eigenvalue weighted by molar-refractivity contribution is 0.187. The van der Waals surface area contributed by atoms with Crippen LogP contribution in [0.5, 0.6) is 5.75 Å². The molecule has 3 rings (SSSR count). The van der Waals surface area contributed by atoms with Gasteiger partial charge in [-0.25, -0.2) is 0 Å². The quantitative estimate of drug-likeness (QED) is 0.721. The van der Waals surface area contributed by atoms with Crippen LogP contribution >= 0.6 is 0 Å². The number of phenols is 1. The van der Waals surface area contributed by atoms with Gasteiger partial charge in [0.1, 0.15) is 5.75 Å². The number of likely N-dealkylation sites (tertiary alicyclic amines) is 1. The van der Waals surface area contributed by atoms with E-state index in [0.717, 1.165) is 6.42 Å². The van der Waals surface area contributed by atoms with Crippen LogP contribution in [0.25, 0.3) is 0 Å². The molecule has 16 heavy (non-hydrogen) atoms. The Bertz CT molecular complexity index is 405. The van der Waals surface area contributed by atoms with Crippen LogP contribution in [0.15, 0.2) is 18.2 Å². The molecule has 0 amide bonds. The summed E-state index contributed by atoms with van der Waals surface area (Å²) in [6, 6.07) is 6.06. The van der Waals surface area contributed by atoms with E-state index in [1.807, 2.05) is 12.1 Å². The van der Waals surface area contributed by atoms with Crippen molar-refractivity contribution in [3.8, 4) is 5.75 Å². The summed E-state index contributed by atoms with van der Waals surface area (Å²) in [6.07, 6.45) is 4.79. The predicted octanol–water partition coefficient (Wildman–Crippen LogP) is 2.30. The molecule has 0 saturated carbocycles. The van der Waals surface area contributed by atoms with E-state index in [-0.39, 0.29) is 0 Å². The summed E-state index contributed by atoms with van der Waals surface area (Å²) >= 11 is 0. The summed E-state index contributed by atoms with van der Waals surface area (Å²) < 4.78 is 0. The summed E-state index contributed by atoms with van der Waals surface area (Å²) in [7, 11) is 2.20. The number of phenolic OH excluding ortho intramolecular Hbond substituents is 1. The molecule has 2 nitrogen and oxygen atoms in total. The van der Waals surface area contributed by atoms with Crippen molar-refractivity contribution < 1.29 is 5.11 Å². The van der Waals surface area contributed by atoms with Gasteiger partial charge in [0, 0.05) is 0 Å². The summed E-state index contributed by atoms with van der Waals surface area (Å²) in [5.41, 5.74) is 3.02. The number of piperidine rings is 1. The Morgan fingerprint density at radius 3 is 2.69 bits per heavy atom. The van der Waals surface area contributed by atoms with Crippen LogP contribution in [0, 0.1) is 0 Å². The lowest BCUT2D eigenvalue weighted by Crippen LogP contribution is -2.39. The minimum atomic E-state index is 0.376. The third-order valence-corrected chi connectivity index (χ3v) is 4.52. The van der Waals surface area contributed by atoms with Crippen LogP contribution in [0.2, 0.25) is 0 Å². The molecule has 1 N–H and O–H groups in total. The molecule has 86 valence electrons. The van der Waals surface area contributed by atoms with Gasteiger partial charge in [0.2, 0.25) is 0 Å². The first-order valence-electron chi connectivity index (χ1n) is 6.21. The lowest BCUT2D eigenvalue weighted by atomic mass is 9.74. The van der Waals surface area contributed by atoms with Crippen LogP contribution in [0.3, 0.4) is 0 Å². The first-order chi connectivity index (χ1) is 7.71. The zero-order valence-electron chi connectivity index (χ0n) is 9.87. The smallest absolute Gasteiger partial charge is 0.119 e. The molecule has 0 atom stereocenters. The fourth-order valence-corrected chi connectivity index (χ4v) is 3.40. The molecule has 1 heterocycles. The third kappa shape index (κ3) is 1.36. The number of hydrogen-bond acceptors (Lipinski definition) is 2. The van der Waals surface area contributed by atoms with Gasteiger partial charge in [-0.1, -0.05) is 12.1 Å². The molecule has 0 radical (unpaired) electrons. The van der Waals surface area contributed by atoms with Gasteiger partial charge in [0.15, 0.2) is 0 Å². The average molecular weight is 217 g/mol. The monoisotopic (exact) mass is 217 g/mol. The topological polar surface area (TPSA) is 23.5 Å². The first-order valence-corrected chi connectivity index (χ1v) is 6.21. The molecular formula is C14H19NO. The zero-order valence-corrected chi connectivity index (χ0v) is 9.87. The molecule has 1 saturated heterocycles. The van der Waals surface area contributed by atoms with Crippen LogP contribution in [0.1, 0.15) is 30.4 Å². The Morgan fingerprint density at radius 1 is 1.19 bits per heavy atom. The minimum absolute atomic E-state index is 0.376. The summed E-state index contributed by atoms with van der Waals surface area (Å²) in [5.74, 6) is 0.508. The molecule has 2 aliphatic rings. The standard InChI is InChI=1S/C14H19NO/c1-15-9-7-14(8-10-15)6-5-11-12(14)3-2-4-13(11)16/h2-4,16H,5-10H2,1H3. The van der Waals surface area contributed by atoms with E-state index < -0.39 is 0 Å². The van der Waals surface area contributed by atoms with Gasteiger partial charge >= 0.3 is 0 Å². The minimum Gasteiger partial charge on any atom is -0.508 e. The van der Waals surface area contributed by atoms with E-state index in [9.17, 15) is 5.11 Å². The van der Waals surface area contributed by atoms with Gasteiger partial charge in [0.05, 0.1) is 0 Å². The largest absolute Gasteiger partial charge is 0.508 e. The maximum atomic E-state index is 9.89. The first kappa shape index (κ1) is 10.2. The summed E-state index contributed by atoms with van der Waals surface area (Å²) in [5, 5.41) is 9.89. The van der Waals surface area contributed by atoms with Gasteiger partial charge in [-0.05, 0) is 68.4 Å². The molecule has 1 aliphatic carbocycles. The second-order valence-corrected chi connectivity index (χ2v) is 5.39.